The first kappa shape index (κ1) is 16.4. The second-order valence-corrected chi connectivity index (χ2v) is 9.31. The van der Waals surface area contributed by atoms with E-state index >= 15 is 0 Å². The molecule has 0 spiro atoms. The van der Waals surface area contributed by atoms with E-state index in [0.29, 0.717) is 15.6 Å². The van der Waals surface area contributed by atoms with Crippen LogP contribution in [0.1, 0.15) is 12.0 Å². The van der Waals surface area contributed by atoms with Crippen LogP contribution in [0.4, 0.5) is 0 Å². The van der Waals surface area contributed by atoms with E-state index in [1.807, 2.05) is 42.5 Å². The lowest BCUT2D eigenvalue weighted by molar-refractivity contribution is -0.123. The third-order valence-corrected chi connectivity index (χ3v) is 6.83. The van der Waals surface area contributed by atoms with Crippen LogP contribution in [0.2, 0.25) is 0 Å². The summed E-state index contributed by atoms with van der Waals surface area (Å²) in [4.78, 5) is 14.5. The van der Waals surface area contributed by atoms with E-state index in [2.05, 4.69) is 0 Å². The van der Waals surface area contributed by atoms with Gasteiger partial charge in [-0.1, -0.05) is 66.5 Å². The van der Waals surface area contributed by atoms with Crippen LogP contribution in [0, 0.1) is 0 Å². The van der Waals surface area contributed by atoms with Gasteiger partial charge in [0.2, 0.25) is 0 Å². The van der Waals surface area contributed by atoms with Crippen LogP contribution in [0.25, 0.3) is 6.08 Å². The summed E-state index contributed by atoms with van der Waals surface area (Å²) in [5, 5.41) is 0. The number of allylic oxidation sites excluding steroid dienone is 2. The molecule has 120 valence electrons. The van der Waals surface area contributed by atoms with E-state index in [1.165, 1.54) is 16.7 Å². The number of thioether (sulfide) groups is 1. The van der Waals surface area contributed by atoms with Gasteiger partial charge in [-0.3, -0.25) is 9.69 Å². The van der Waals surface area contributed by atoms with E-state index in [-0.39, 0.29) is 23.5 Å². The Balaban J connectivity index is 1.74. The maximum Gasteiger partial charge on any atom is 0.266 e. The number of hydrogen-bond acceptors (Lipinski definition) is 5. The molecule has 4 nitrogen and oxygen atoms in total. The minimum atomic E-state index is -3.05. The molecule has 0 saturated carbocycles. The van der Waals surface area contributed by atoms with Gasteiger partial charge in [0, 0.05) is 0 Å². The summed E-state index contributed by atoms with van der Waals surface area (Å²) < 4.78 is 23.7. The number of sulfone groups is 1. The number of thiocarbonyl (C=S) groups is 1. The Morgan fingerprint density at radius 2 is 2.00 bits per heavy atom. The van der Waals surface area contributed by atoms with Gasteiger partial charge in [-0.25, -0.2) is 8.42 Å². The summed E-state index contributed by atoms with van der Waals surface area (Å²) in [6.45, 7) is 0. The largest absolute Gasteiger partial charge is 0.289 e. The van der Waals surface area contributed by atoms with E-state index in [4.69, 9.17) is 12.2 Å². The Kier molecular flexibility index (Phi) is 4.70. The van der Waals surface area contributed by atoms with Crippen molar-refractivity contribution >= 4 is 50.1 Å². The van der Waals surface area contributed by atoms with Crippen LogP contribution in [0.15, 0.2) is 47.4 Å². The molecule has 0 N–H and O–H groups in total. The zero-order valence-electron chi connectivity index (χ0n) is 12.2. The Morgan fingerprint density at radius 3 is 2.65 bits per heavy atom. The Labute approximate surface area is 145 Å². The summed E-state index contributed by atoms with van der Waals surface area (Å²) in [5.41, 5.74) is 1.04. The predicted molar refractivity (Wildman–Crippen MR) is 97.7 cm³/mol. The second kappa shape index (κ2) is 6.59. The van der Waals surface area contributed by atoms with Gasteiger partial charge in [0.05, 0.1) is 22.5 Å². The molecule has 23 heavy (non-hydrogen) atoms. The molecular formula is C16H15NO3S3. The molecule has 1 aromatic rings. The average molecular weight is 366 g/mol. The normalized spacial score (nSPS) is 25.8. The van der Waals surface area contributed by atoms with Crippen molar-refractivity contribution in [2.75, 3.05) is 11.5 Å². The molecule has 2 saturated heterocycles. The number of benzene rings is 1. The van der Waals surface area contributed by atoms with E-state index in [0.717, 1.165) is 5.56 Å². The molecule has 1 amide bonds. The summed E-state index contributed by atoms with van der Waals surface area (Å²) in [6, 6.07) is 9.45. The number of hydrogen-bond donors (Lipinski definition) is 0. The zero-order chi connectivity index (χ0) is 16.4. The van der Waals surface area contributed by atoms with Gasteiger partial charge < -0.3 is 0 Å². The molecule has 0 aliphatic carbocycles. The monoisotopic (exact) mass is 365 g/mol. The lowest BCUT2D eigenvalue weighted by Crippen LogP contribution is -2.39. The molecule has 7 heteroatoms. The Bertz CT molecular complexity index is 797. The van der Waals surface area contributed by atoms with Gasteiger partial charge in [0.1, 0.15) is 4.32 Å². The van der Waals surface area contributed by atoms with Gasteiger partial charge in [-0.15, -0.1) is 0 Å². The molecule has 2 fully saturated rings. The zero-order valence-corrected chi connectivity index (χ0v) is 14.7. The van der Waals surface area contributed by atoms with Crippen molar-refractivity contribution in [3.05, 3.63) is 53.0 Å². The third-order valence-electron chi connectivity index (χ3n) is 3.73. The number of nitrogens with zero attached hydrogens (tertiary/aromatic N) is 1. The molecule has 0 bridgehead atoms. The van der Waals surface area contributed by atoms with Crippen LogP contribution < -0.4 is 0 Å². The van der Waals surface area contributed by atoms with Crippen molar-refractivity contribution in [1.82, 2.24) is 4.90 Å². The van der Waals surface area contributed by atoms with Crippen molar-refractivity contribution in [2.24, 2.45) is 0 Å². The van der Waals surface area contributed by atoms with Crippen molar-refractivity contribution < 1.29 is 13.2 Å². The van der Waals surface area contributed by atoms with E-state index in [1.54, 1.807) is 6.08 Å². The molecule has 2 heterocycles. The van der Waals surface area contributed by atoms with E-state index < -0.39 is 9.84 Å². The summed E-state index contributed by atoms with van der Waals surface area (Å²) in [6.07, 6.45) is 5.91. The van der Waals surface area contributed by atoms with E-state index in [9.17, 15) is 13.2 Å². The topological polar surface area (TPSA) is 54.5 Å². The molecule has 1 aromatic carbocycles. The summed E-state index contributed by atoms with van der Waals surface area (Å²) in [5.74, 6) is -0.0614. The average Bonchev–Trinajstić information content (AvgIpc) is 3.00. The molecule has 3 rings (SSSR count). The van der Waals surface area contributed by atoms with Crippen LogP contribution >= 0.6 is 24.0 Å². The highest BCUT2D eigenvalue weighted by Crippen LogP contribution is 2.35. The molecule has 1 atom stereocenters. The minimum Gasteiger partial charge on any atom is -0.289 e. The van der Waals surface area contributed by atoms with Crippen molar-refractivity contribution in [1.29, 1.82) is 0 Å². The summed E-state index contributed by atoms with van der Waals surface area (Å²) in [7, 11) is -3.05. The maximum absolute atomic E-state index is 12.5. The quantitative estimate of drug-likeness (QED) is 0.609. The molecule has 2 aliphatic heterocycles. The van der Waals surface area contributed by atoms with Gasteiger partial charge in [0.25, 0.3) is 5.91 Å². The highest BCUT2D eigenvalue weighted by atomic mass is 32.2. The Morgan fingerprint density at radius 1 is 1.26 bits per heavy atom. The van der Waals surface area contributed by atoms with Crippen molar-refractivity contribution in [3.8, 4) is 0 Å². The first-order valence-corrected chi connectivity index (χ1v) is 10.2. The maximum atomic E-state index is 12.5. The number of amides is 1. The predicted octanol–water partition coefficient (Wildman–Crippen LogP) is 2.63. The minimum absolute atomic E-state index is 0.00652. The van der Waals surface area contributed by atoms with Crippen molar-refractivity contribution in [2.45, 2.75) is 12.5 Å². The van der Waals surface area contributed by atoms with Crippen LogP contribution in [-0.4, -0.2) is 41.1 Å². The fourth-order valence-electron chi connectivity index (χ4n) is 2.60. The lowest BCUT2D eigenvalue weighted by atomic mass is 10.2. The fraction of sp³-hybridized carbons (Fsp3) is 0.250. The van der Waals surface area contributed by atoms with Gasteiger partial charge in [-0.2, -0.15) is 0 Å². The van der Waals surface area contributed by atoms with Crippen LogP contribution in [0.5, 0.6) is 0 Å². The fourth-order valence-corrected chi connectivity index (χ4v) is 5.65. The first-order chi connectivity index (χ1) is 11.0. The lowest BCUT2D eigenvalue weighted by Gasteiger charge is -2.20. The standard InChI is InChI=1S/C16H15NO3S3/c18-15-14(8-4-7-12-5-2-1-3-6-12)22-16(21)17(15)13-9-10-23(19,20)11-13/h1-8,13H,9-11H2/b7-4+,14-8-/t13-/m0/s1. The second-order valence-electron chi connectivity index (χ2n) is 5.40. The number of carbonyl (C=O) groups excluding carboxylic acids is 1. The molecule has 2 aliphatic rings. The SMILES string of the molecule is O=C1/C(=C/C=C/c2ccccc2)SC(=S)N1[C@H]1CCS(=O)(=O)C1. The van der Waals surface area contributed by atoms with Gasteiger partial charge in [-0.05, 0) is 18.1 Å². The highest BCUT2D eigenvalue weighted by Gasteiger charge is 2.41. The highest BCUT2D eigenvalue weighted by molar-refractivity contribution is 8.26. The van der Waals surface area contributed by atoms with Crippen molar-refractivity contribution in [3.63, 3.8) is 0 Å². The number of carbonyl (C=O) groups is 1. The molecule has 0 unspecified atom stereocenters. The van der Waals surface area contributed by atoms with Gasteiger partial charge in [0.15, 0.2) is 9.84 Å². The molecule has 0 aromatic heterocycles. The molecule has 0 radical (unpaired) electrons. The number of rotatable bonds is 3. The molecular weight excluding hydrogens is 350 g/mol. The third kappa shape index (κ3) is 3.73. The summed E-state index contributed by atoms with van der Waals surface area (Å²) >= 11 is 6.49. The van der Waals surface area contributed by atoms with Crippen LogP contribution in [0.3, 0.4) is 0 Å². The Hall–Kier alpha value is -1.44. The van der Waals surface area contributed by atoms with Gasteiger partial charge >= 0.3 is 0 Å². The smallest absolute Gasteiger partial charge is 0.266 e. The first-order valence-electron chi connectivity index (χ1n) is 7.15. The van der Waals surface area contributed by atoms with Crippen LogP contribution in [-0.2, 0) is 14.6 Å².